The van der Waals surface area contributed by atoms with Crippen molar-refractivity contribution in [1.82, 2.24) is 0 Å². The predicted molar refractivity (Wildman–Crippen MR) is 130 cm³/mol. The fraction of sp³-hybridized carbons (Fsp3) is 0. The van der Waals surface area contributed by atoms with Crippen LogP contribution < -0.4 is 4.90 Å². The SMILES string of the molecule is N#CC(=Cc1ccc(C=Cc2ccc(N(c3ccccc3)c3ccccc3)cc2)o1)C(=O)O. The van der Waals surface area contributed by atoms with Gasteiger partial charge in [-0.15, -0.1) is 0 Å². The molecule has 1 heterocycles. The number of furan rings is 1. The summed E-state index contributed by atoms with van der Waals surface area (Å²) in [5.41, 5.74) is 3.78. The first kappa shape index (κ1) is 21.4. The third kappa shape index (κ3) is 5.27. The van der Waals surface area contributed by atoms with Crippen LogP contribution in [0.5, 0.6) is 0 Å². The molecule has 5 nitrogen and oxygen atoms in total. The van der Waals surface area contributed by atoms with Gasteiger partial charge in [-0.2, -0.15) is 5.26 Å². The van der Waals surface area contributed by atoms with Crippen LogP contribution in [-0.4, -0.2) is 11.1 Å². The molecule has 4 aromatic rings. The molecule has 0 radical (unpaired) electrons. The van der Waals surface area contributed by atoms with Crippen molar-refractivity contribution < 1.29 is 14.3 Å². The van der Waals surface area contributed by atoms with Crippen LogP contribution in [0.25, 0.3) is 18.2 Å². The molecule has 4 rings (SSSR count). The minimum atomic E-state index is -1.29. The van der Waals surface area contributed by atoms with Crippen molar-refractivity contribution in [3.8, 4) is 6.07 Å². The van der Waals surface area contributed by atoms with Gasteiger partial charge in [0, 0.05) is 23.1 Å². The van der Waals surface area contributed by atoms with Crippen LogP contribution in [-0.2, 0) is 4.79 Å². The van der Waals surface area contributed by atoms with Crippen molar-refractivity contribution in [3.05, 3.63) is 120 Å². The predicted octanol–water partition coefficient (Wildman–Crippen LogP) is 6.91. The van der Waals surface area contributed by atoms with E-state index in [9.17, 15) is 4.79 Å². The Balaban J connectivity index is 1.55. The molecule has 3 aromatic carbocycles. The summed E-state index contributed by atoms with van der Waals surface area (Å²) in [4.78, 5) is 13.1. The van der Waals surface area contributed by atoms with Crippen molar-refractivity contribution in [2.24, 2.45) is 0 Å². The van der Waals surface area contributed by atoms with E-state index in [4.69, 9.17) is 14.8 Å². The maximum Gasteiger partial charge on any atom is 0.346 e. The largest absolute Gasteiger partial charge is 0.477 e. The summed E-state index contributed by atoms with van der Waals surface area (Å²) in [6.45, 7) is 0. The number of hydrogen-bond acceptors (Lipinski definition) is 4. The lowest BCUT2D eigenvalue weighted by atomic mass is 10.1. The van der Waals surface area contributed by atoms with Gasteiger partial charge in [-0.1, -0.05) is 54.6 Å². The highest BCUT2D eigenvalue weighted by atomic mass is 16.4. The van der Waals surface area contributed by atoms with Gasteiger partial charge in [0.05, 0.1) is 0 Å². The van der Waals surface area contributed by atoms with Crippen molar-refractivity contribution in [2.75, 3.05) is 4.90 Å². The van der Waals surface area contributed by atoms with Gasteiger partial charge in [0.15, 0.2) is 0 Å². The molecule has 0 unspecified atom stereocenters. The second kappa shape index (κ2) is 9.99. The topological polar surface area (TPSA) is 77.5 Å². The van der Waals surface area contributed by atoms with E-state index in [0.29, 0.717) is 11.5 Å². The number of rotatable bonds is 7. The van der Waals surface area contributed by atoms with Crippen molar-refractivity contribution in [3.63, 3.8) is 0 Å². The maximum absolute atomic E-state index is 11.0. The molecule has 0 spiro atoms. The minimum absolute atomic E-state index is 0.310. The number of nitrogens with zero attached hydrogens (tertiary/aromatic N) is 2. The van der Waals surface area contributed by atoms with E-state index in [1.807, 2.05) is 54.6 Å². The Kier molecular flexibility index (Phi) is 6.48. The Hall–Kier alpha value is -4.82. The Bertz CT molecular complexity index is 1290. The normalized spacial score (nSPS) is 11.3. The van der Waals surface area contributed by atoms with Gasteiger partial charge in [-0.25, -0.2) is 4.79 Å². The molecule has 0 fully saturated rings. The molecule has 0 saturated carbocycles. The molecular formula is C28H20N2O3. The van der Waals surface area contributed by atoms with Gasteiger partial charge >= 0.3 is 5.97 Å². The third-order valence-electron chi connectivity index (χ3n) is 4.91. The first-order chi connectivity index (χ1) is 16.1. The summed E-state index contributed by atoms with van der Waals surface area (Å²) < 4.78 is 5.58. The summed E-state index contributed by atoms with van der Waals surface area (Å²) in [6, 6.07) is 33.5. The number of aliphatic carboxylic acids is 1. The van der Waals surface area contributed by atoms with Gasteiger partial charge in [-0.05, 0) is 60.2 Å². The molecule has 0 aliphatic rings. The molecule has 160 valence electrons. The second-order valence-corrected chi connectivity index (χ2v) is 7.15. The fourth-order valence-corrected chi connectivity index (χ4v) is 3.33. The number of carboxylic acids is 1. The molecule has 0 saturated heterocycles. The van der Waals surface area contributed by atoms with E-state index in [-0.39, 0.29) is 5.57 Å². The van der Waals surface area contributed by atoms with E-state index in [0.717, 1.165) is 22.6 Å². The molecule has 5 heteroatoms. The van der Waals surface area contributed by atoms with E-state index in [1.165, 1.54) is 6.08 Å². The number of carbonyl (C=O) groups is 1. The lowest BCUT2D eigenvalue weighted by molar-refractivity contribution is -0.132. The van der Waals surface area contributed by atoms with Crippen molar-refractivity contribution in [1.29, 1.82) is 5.26 Å². The number of hydrogen-bond donors (Lipinski definition) is 1. The fourth-order valence-electron chi connectivity index (χ4n) is 3.33. The van der Waals surface area contributed by atoms with Crippen LogP contribution in [0.4, 0.5) is 17.1 Å². The average Bonchev–Trinajstić information content (AvgIpc) is 3.31. The molecule has 1 N–H and O–H groups in total. The Morgan fingerprint density at radius 3 is 1.85 bits per heavy atom. The summed E-state index contributed by atoms with van der Waals surface area (Å²) in [6.07, 6.45) is 4.91. The molecule has 0 amide bonds. The zero-order valence-corrected chi connectivity index (χ0v) is 17.6. The van der Waals surface area contributed by atoms with Gasteiger partial charge in [0.1, 0.15) is 23.2 Å². The van der Waals surface area contributed by atoms with Crippen molar-refractivity contribution in [2.45, 2.75) is 0 Å². The highest BCUT2D eigenvalue weighted by Gasteiger charge is 2.11. The Morgan fingerprint density at radius 1 is 0.758 bits per heavy atom. The van der Waals surface area contributed by atoms with Crippen LogP contribution >= 0.6 is 0 Å². The first-order valence-electron chi connectivity index (χ1n) is 10.3. The summed E-state index contributed by atoms with van der Waals surface area (Å²) in [5, 5.41) is 17.8. The number of anilines is 3. The maximum atomic E-state index is 11.0. The van der Waals surface area contributed by atoms with Crippen LogP contribution in [0, 0.1) is 11.3 Å². The van der Waals surface area contributed by atoms with E-state index < -0.39 is 5.97 Å². The standard InChI is InChI=1S/C28H20N2O3/c29-20-22(28(31)32)19-27-18-17-26(33-27)16-13-21-11-14-25(15-12-21)30(23-7-3-1-4-8-23)24-9-5-2-6-10-24/h1-19H,(H,31,32). The molecule has 0 atom stereocenters. The quantitative estimate of drug-likeness (QED) is 0.254. The Labute approximate surface area is 191 Å². The number of carboxylic acid groups (broad SMARTS) is 1. The smallest absolute Gasteiger partial charge is 0.346 e. The molecular weight excluding hydrogens is 412 g/mol. The van der Waals surface area contributed by atoms with E-state index in [2.05, 4.69) is 41.3 Å². The van der Waals surface area contributed by atoms with Crippen LogP contribution in [0.1, 0.15) is 17.1 Å². The first-order valence-corrected chi connectivity index (χ1v) is 10.3. The molecule has 0 bridgehead atoms. The van der Waals surface area contributed by atoms with Crippen LogP contribution in [0.3, 0.4) is 0 Å². The van der Waals surface area contributed by atoms with E-state index in [1.54, 1.807) is 24.3 Å². The summed E-state index contributed by atoms with van der Waals surface area (Å²) in [7, 11) is 0. The highest BCUT2D eigenvalue weighted by molar-refractivity contribution is 5.96. The van der Waals surface area contributed by atoms with Gasteiger partial charge in [-0.3, -0.25) is 0 Å². The minimum Gasteiger partial charge on any atom is -0.477 e. The number of para-hydroxylation sites is 2. The highest BCUT2D eigenvalue weighted by Crippen LogP contribution is 2.34. The monoisotopic (exact) mass is 432 g/mol. The lowest BCUT2D eigenvalue weighted by Gasteiger charge is -2.25. The average molecular weight is 432 g/mol. The molecule has 1 aromatic heterocycles. The Morgan fingerprint density at radius 2 is 1.30 bits per heavy atom. The number of benzene rings is 3. The van der Waals surface area contributed by atoms with Gasteiger partial charge in [0.25, 0.3) is 0 Å². The zero-order chi connectivity index (χ0) is 23.0. The third-order valence-corrected chi connectivity index (χ3v) is 4.91. The van der Waals surface area contributed by atoms with Crippen LogP contribution in [0.15, 0.2) is 107 Å². The molecule has 0 aliphatic heterocycles. The van der Waals surface area contributed by atoms with Crippen LogP contribution in [0.2, 0.25) is 0 Å². The number of nitriles is 1. The summed E-state index contributed by atoms with van der Waals surface area (Å²) >= 11 is 0. The summed E-state index contributed by atoms with van der Waals surface area (Å²) in [5.74, 6) is -0.417. The zero-order valence-electron chi connectivity index (χ0n) is 17.6. The van der Waals surface area contributed by atoms with Gasteiger partial charge in [0.2, 0.25) is 0 Å². The molecule has 33 heavy (non-hydrogen) atoms. The second-order valence-electron chi connectivity index (χ2n) is 7.15. The van der Waals surface area contributed by atoms with Crippen molar-refractivity contribution >= 4 is 41.3 Å². The van der Waals surface area contributed by atoms with Gasteiger partial charge < -0.3 is 14.4 Å². The molecule has 0 aliphatic carbocycles. The van der Waals surface area contributed by atoms with E-state index >= 15 is 0 Å². The lowest BCUT2D eigenvalue weighted by Crippen LogP contribution is -2.09.